The summed E-state index contributed by atoms with van der Waals surface area (Å²) in [4.78, 5) is 12.2. The molecule has 0 saturated carbocycles. The van der Waals surface area contributed by atoms with Crippen molar-refractivity contribution < 1.29 is 4.79 Å². The smallest absolute Gasteiger partial charge is 0.223 e. The van der Waals surface area contributed by atoms with Crippen LogP contribution in [0.1, 0.15) is 16.7 Å². The molecule has 0 aliphatic heterocycles. The van der Waals surface area contributed by atoms with Crippen LogP contribution in [0.2, 0.25) is 5.02 Å². The van der Waals surface area contributed by atoms with Gasteiger partial charge in [0.05, 0.1) is 0 Å². The van der Waals surface area contributed by atoms with E-state index < -0.39 is 0 Å². The number of hydrogen-bond acceptors (Lipinski definition) is 1. The lowest BCUT2D eigenvalue weighted by molar-refractivity contribution is -0.124. The van der Waals surface area contributed by atoms with Crippen LogP contribution in [0.5, 0.6) is 0 Å². The molecular weight excluding hydrogens is 282 g/mol. The molecule has 1 aliphatic rings. The standard InChI is InChI=1S/C18H18ClNO/c19-17-8-4-3-5-13(17)9-10-20-18(21)16-11-14-6-1-2-7-15(14)12-16/h1-8,16H,9-12H2,(H,20,21). The second kappa shape index (κ2) is 6.31. The third-order valence-corrected chi connectivity index (χ3v) is 4.44. The highest BCUT2D eigenvalue weighted by Gasteiger charge is 2.26. The van der Waals surface area contributed by atoms with Gasteiger partial charge in [-0.1, -0.05) is 54.1 Å². The molecular formula is C18H18ClNO. The van der Waals surface area contributed by atoms with E-state index in [4.69, 9.17) is 11.6 Å². The molecule has 1 N–H and O–H groups in total. The molecule has 21 heavy (non-hydrogen) atoms. The largest absolute Gasteiger partial charge is 0.356 e. The average molecular weight is 300 g/mol. The van der Waals surface area contributed by atoms with Gasteiger partial charge in [0.25, 0.3) is 0 Å². The van der Waals surface area contributed by atoms with Gasteiger partial charge in [-0.2, -0.15) is 0 Å². The van der Waals surface area contributed by atoms with Crippen LogP contribution in [0, 0.1) is 5.92 Å². The zero-order valence-electron chi connectivity index (χ0n) is 11.8. The van der Waals surface area contributed by atoms with Crippen LogP contribution in [-0.4, -0.2) is 12.5 Å². The van der Waals surface area contributed by atoms with Gasteiger partial charge in [-0.25, -0.2) is 0 Å². The SMILES string of the molecule is O=C(NCCc1ccccc1Cl)C1Cc2ccccc2C1. The lowest BCUT2D eigenvalue weighted by atomic mass is 10.1. The van der Waals surface area contributed by atoms with Crippen molar-refractivity contribution >= 4 is 17.5 Å². The van der Waals surface area contributed by atoms with Gasteiger partial charge in [0.2, 0.25) is 5.91 Å². The van der Waals surface area contributed by atoms with E-state index in [1.807, 2.05) is 36.4 Å². The van der Waals surface area contributed by atoms with Crippen molar-refractivity contribution in [3.8, 4) is 0 Å². The molecule has 2 aromatic rings. The summed E-state index contributed by atoms with van der Waals surface area (Å²) in [6.45, 7) is 0.634. The van der Waals surface area contributed by atoms with Gasteiger partial charge in [-0.3, -0.25) is 4.79 Å². The number of nitrogens with one attached hydrogen (secondary N) is 1. The van der Waals surface area contributed by atoms with Crippen molar-refractivity contribution in [3.63, 3.8) is 0 Å². The average Bonchev–Trinajstić information content (AvgIpc) is 2.93. The molecule has 1 aliphatic carbocycles. The summed E-state index contributed by atoms with van der Waals surface area (Å²) in [5.41, 5.74) is 3.70. The predicted octanol–water partition coefficient (Wildman–Crippen LogP) is 3.41. The highest BCUT2D eigenvalue weighted by molar-refractivity contribution is 6.31. The van der Waals surface area contributed by atoms with Crippen LogP contribution >= 0.6 is 11.6 Å². The van der Waals surface area contributed by atoms with Crippen molar-refractivity contribution in [3.05, 3.63) is 70.2 Å². The minimum atomic E-state index is 0.0774. The number of hydrogen-bond donors (Lipinski definition) is 1. The minimum absolute atomic E-state index is 0.0774. The van der Waals surface area contributed by atoms with Gasteiger partial charge in [-0.15, -0.1) is 0 Å². The van der Waals surface area contributed by atoms with Crippen molar-refractivity contribution in [1.29, 1.82) is 0 Å². The third kappa shape index (κ3) is 3.27. The van der Waals surface area contributed by atoms with Crippen molar-refractivity contribution in [2.45, 2.75) is 19.3 Å². The number of rotatable bonds is 4. The Kier molecular flexibility index (Phi) is 4.26. The molecule has 0 heterocycles. The Bertz CT molecular complexity index is 628. The maximum Gasteiger partial charge on any atom is 0.223 e. The fraction of sp³-hybridized carbons (Fsp3) is 0.278. The lowest BCUT2D eigenvalue weighted by Gasteiger charge is -2.11. The Balaban J connectivity index is 1.51. The summed E-state index contributed by atoms with van der Waals surface area (Å²) in [5, 5.41) is 3.80. The maximum absolute atomic E-state index is 12.2. The van der Waals surface area contributed by atoms with Crippen molar-refractivity contribution in [1.82, 2.24) is 5.32 Å². The Hall–Kier alpha value is -1.80. The van der Waals surface area contributed by atoms with Crippen LogP contribution in [0.15, 0.2) is 48.5 Å². The molecule has 1 amide bonds. The summed E-state index contributed by atoms with van der Waals surface area (Å²) in [6.07, 6.45) is 2.48. The molecule has 2 aromatic carbocycles. The van der Waals surface area contributed by atoms with Gasteiger partial charge >= 0.3 is 0 Å². The molecule has 0 aromatic heterocycles. The van der Waals surface area contributed by atoms with E-state index in [0.717, 1.165) is 29.8 Å². The summed E-state index contributed by atoms with van der Waals surface area (Å²) in [6, 6.07) is 16.1. The van der Waals surface area contributed by atoms with Crippen LogP contribution in [0.4, 0.5) is 0 Å². The number of halogens is 1. The number of amides is 1. The van der Waals surface area contributed by atoms with Crippen molar-refractivity contribution in [2.75, 3.05) is 6.54 Å². The Morgan fingerprint density at radius 2 is 1.67 bits per heavy atom. The zero-order chi connectivity index (χ0) is 14.7. The van der Waals surface area contributed by atoms with E-state index >= 15 is 0 Å². The van der Waals surface area contributed by atoms with Gasteiger partial charge < -0.3 is 5.32 Å². The first-order chi connectivity index (χ1) is 10.2. The lowest BCUT2D eigenvalue weighted by Crippen LogP contribution is -2.32. The Morgan fingerprint density at radius 1 is 1.05 bits per heavy atom. The summed E-state index contributed by atoms with van der Waals surface area (Å²) >= 11 is 6.11. The zero-order valence-corrected chi connectivity index (χ0v) is 12.6. The molecule has 2 nitrogen and oxygen atoms in total. The molecule has 0 spiro atoms. The normalized spacial score (nSPS) is 14.0. The van der Waals surface area contributed by atoms with E-state index in [0.29, 0.717) is 6.54 Å². The first kappa shape index (κ1) is 14.2. The monoisotopic (exact) mass is 299 g/mol. The molecule has 108 valence electrons. The molecule has 0 bridgehead atoms. The third-order valence-electron chi connectivity index (χ3n) is 4.07. The number of carbonyl (C=O) groups excluding carboxylic acids is 1. The Morgan fingerprint density at radius 3 is 2.33 bits per heavy atom. The molecule has 0 fully saturated rings. The number of benzene rings is 2. The van der Waals surface area contributed by atoms with Gasteiger partial charge in [0.15, 0.2) is 0 Å². The number of carbonyl (C=O) groups is 1. The Labute approximate surface area is 130 Å². The predicted molar refractivity (Wildman–Crippen MR) is 85.5 cm³/mol. The van der Waals surface area contributed by atoms with Crippen molar-refractivity contribution in [2.24, 2.45) is 5.92 Å². The molecule has 0 atom stereocenters. The molecule has 0 radical (unpaired) electrons. The maximum atomic E-state index is 12.2. The van der Waals surface area contributed by atoms with Gasteiger partial charge in [-0.05, 0) is 42.0 Å². The molecule has 3 rings (SSSR count). The molecule has 3 heteroatoms. The van der Waals surface area contributed by atoms with E-state index in [2.05, 4.69) is 17.4 Å². The fourth-order valence-electron chi connectivity index (χ4n) is 2.91. The van der Waals surface area contributed by atoms with Gasteiger partial charge in [0, 0.05) is 17.5 Å². The minimum Gasteiger partial charge on any atom is -0.356 e. The summed E-state index contributed by atoms with van der Waals surface area (Å²) < 4.78 is 0. The first-order valence-electron chi connectivity index (χ1n) is 7.32. The van der Waals surface area contributed by atoms with E-state index in [-0.39, 0.29) is 11.8 Å². The van der Waals surface area contributed by atoms with Gasteiger partial charge in [0.1, 0.15) is 0 Å². The second-order valence-corrected chi connectivity index (χ2v) is 5.91. The fourth-order valence-corrected chi connectivity index (χ4v) is 3.14. The second-order valence-electron chi connectivity index (χ2n) is 5.51. The van der Waals surface area contributed by atoms with E-state index in [1.165, 1.54) is 11.1 Å². The topological polar surface area (TPSA) is 29.1 Å². The first-order valence-corrected chi connectivity index (χ1v) is 7.70. The highest BCUT2D eigenvalue weighted by Crippen LogP contribution is 2.26. The summed E-state index contributed by atoms with van der Waals surface area (Å²) in [5.74, 6) is 0.229. The quantitative estimate of drug-likeness (QED) is 0.921. The van der Waals surface area contributed by atoms with Crippen LogP contribution in [-0.2, 0) is 24.1 Å². The summed E-state index contributed by atoms with van der Waals surface area (Å²) in [7, 11) is 0. The van der Waals surface area contributed by atoms with E-state index in [9.17, 15) is 4.79 Å². The van der Waals surface area contributed by atoms with Crippen LogP contribution in [0.25, 0.3) is 0 Å². The van der Waals surface area contributed by atoms with E-state index in [1.54, 1.807) is 0 Å². The number of fused-ring (bicyclic) bond motifs is 1. The highest BCUT2D eigenvalue weighted by atomic mass is 35.5. The molecule has 0 saturated heterocycles. The van der Waals surface area contributed by atoms with Crippen LogP contribution < -0.4 is 5.32 Å². The molecule has 0 unspecified atom stereocenters. The van der Waals surface area contributed by atoms with Crippen LogP contribution in [0.3, 0.4) is 0 Å².